The summed E-state index contributed by atoms with van der Waals surface area (Å²) in [6.07, 6.45) is 8.66. The molecule has 0 bridgehead atoms. The fourth-order valence-corrected chi connectivity index (χ4v) is 3.23. The molecule has 0 amide bonds. The fourth-order valence-electron chi connectivity index (χ4n) is 2.73. The Morgan fingerprint density at radius 2 is 2.10 bits per heavy atom. The lowest BCUT2D eigenvalue weighted by atomic mass is 10.0. The molecule has 2 N–H and O–H groups in total. The summed E-state index contributed by atoms with van der Waals surface area (Å²) in [5, 5.41) is 4.27. The molecule has 1 saturated carbocycles. The Morgan fingerprint density at radius 1 is 1.35 bits per heavy atom. The molecule has 2 aromatic rings. The van der Waals surface area contributed by atoms with Gasteiger partial charge < -0.3 is 5.73 Å². The molecule has 0 radical (unpaired) electrons. The minimum atomic E-state index is 0.495. The molecule has 0 spiro atoms. The number of nitrogens with zero attached hydrogens (tertiary/aromatic N) is 4. The Labute approximate surface area is 126 Å². The zero-order valence-electron chi connectivity index (χ0n) is 11.5. The largest absolute Gasteiger partial charge is 0.383 e. The lowest BCUT2D eigenvalue weighted by molar-refractivity contribution is 0.660. The first-order chi connectivity index (χ1) is 9.69. The van der Waals surface area contributed by atoms with Crippen LogP contribution in [-0.4, -0.2) is 19.7 Å². The third kappa shape index (κ3) is 2.44. The quantitative estimate of drug-likeness (QED) is 0.933. The van der Waals surface area contributed by atoms with E-state index in [1.165, 1.54) is 25.7 Å². The van der Waals surface area contributed by atoms with Crippen molar-refractivity contribution in [2.45, 2.75) is 45.1 Å². The van der Waals surface area contributed by atoms with Gasteiger partial charge in [-0.3, -0.25) is 4.68 Å². The summed E-state index contributed by atoms with van der Waals surface area (Å²) in [4.78, 5) is 9.13. The molecule has 1 fully saturated rings. The van der Waals surface area contributed by atoms with Crippen LogP contribution in [0.5, 0.6) is 0 Å². The molecule has 6 heteroatoms. The SMILES string of the molecule is CCn1cc(-c2nc(N)c(Br)c(C3CCCC3)n2)cn1. The highest BCUT2D eigenvalue weighted by molar-refractivity contribution is 9.10. The third-order valence-corrected chi connectivity index (χ3v) is 4.67. The van der Waals surface area contributed by atoms with Crippen molar-refractivity contribution in [3.8, 4) is 11.4 Å². The van der Waals surface area contributed by atoms with Gasteiger partial charge in [0.15, 0.2) is 5.82 Å². The average Bonchev–Trinajstić information content (AvgIpc) is 3.11. The van der Waals surface area contributed by atoms with Crippen LogP contribution in [0, 0.1) is 0 Å². The molecule has 5 nitrogen and oxygen atoms in total. The Morgan fingerprint density at radius 3 is 2.75 bits per heavy atom. The van der Waals surface area contributed by atoms with Gasteiger partial charge in [0.05, 0.1) is 21.9 Å². The predicted octanol–water partition coefficient (Wildman–Crippen LogP) is 3.36. The molecule has 2 aromatic heterocycles. The van der Waals surface area contributed by atoms with Gasteiger partial charge in [0.2, 0.25) is 0 Å². The minimum Gasteiger partial charge on any atom is -0.383 e. The van der Waals surface area contributed by atoms with Gasteiger partial charge in [-0.1, -0.05) is 12.8 Å². The monoisotopic (exact) mass is 335 g/mol. The van der Waals surface area contributed by atoms with Crippen molar-refractivity contribution >= 4 is 21.7 Å². The van der Waals surface area contributed by atoms with Gasteiger partial charge in [0, 0.05) is 18.7 Å². The molecule has 20 heavy (non-hydrogen) atoms. The second-order valence-electron chi connectivity index (χ2n) is 5.20. The highest BCUT2D eigenvalue weighted by atomic mass is 79.9. The van der Waals surface area contributed by atoms with E-state index in [9.17, 15) is 0 Å². The number of hydrogen-bond donors (Lipinski definition) is 1. The van der Waals surface area contributed by atoms with Crippen molar-refractivity contribution in [3.05, 3.63) is 22.6 Å². The maximum Gasteiger partial charge on any atom is 0.165 e. The molecule has 1 aliphatic rings. The summed E-state index contributed by atoms with van der Waals surface area (Å²) >= 11 is 3.54. The van der Waals surface area contributed by atoms with E-state index in [4.69, 9.17) is 10.7 Å². The van der Waals surface area contributed by atoms with Gasteiger partial charge >= 0.3 is 0 Å². The summed E-state index contributed by atoms with van der Waals surface area (Å²) in [6, 6.07) is 0. The molecule has 0 atom stereocenters. The lowest BCUT2D eigenvalue weighted by Gasteiger charge is -2.13. The zero-order valence-corrected chi connectivity index (χ0v) is 13.1. The van der Waals surface area contributed by atoms with E-state index >= 15 is 0 Å². The molecular formula is C14H18BrN5. The molecular weight excluding hydrogens is 318 g/mol. The standard InChI is InChI=1S/C14H18BrN5/c1-2-20-8-10(7-17-20)14-18-12(9-5-3-4-6-9)11(15)13(16)19-14/h7-9H,2-6H2,1H3,(H2,16,18,19). The first-order valence-electron chi connectivity index (χ1n) is 7.04. The number of nitrogens with two attached hydrogens (primary N) is 1. The summed E-state index contributed by atoms with van der Waals surface area (Å²) in [6.45, 7) is 2.89. The van der Waals surface area contributed by atoms with Gasteiger partial charge in [0.25, 0.3) is 0 Å². The average molecular weight is 336 g/mol. The van der Waals surface area contributed by atoms with Crippen LogP contribution in [-0.2, 0) is 6.54 Å². The Kier molecular flexibility index (Phi) is 3.74. The normalized spacial score (nSPS) is 15.9. The molecule has 0 aromatic carbocycles. The topological polar surface area (TPSA) is 69.6 Å². The minimum absolute atomic E-state index is 0.495. The molecule has 106 valence electrons. The van der Waals surface area contributed by atoms with Crippen LogP contribution in [0.1, 0.15) is 44.2 Å². The maximum atomic E-state index is 6.04. The molecule has 0 unspecified atom stereocenters. The van der Waals surface area contributed by atoms with Crippen molar-refractivity contribution in [1.29, 1.82) is 0 Å². The highest BCUT2D eigenvalue weighted by Crippen LogP contribution is 2.38. The number of aromatic nitrogens is 4. The zero-order chi connectivity index (χ0) is 14.1. The van der Waals surface area contributed by atoms with Gasteiger partial charge in [-0.2, -0.15) is 5.10 Å². The smallest absolute Gasteiger partial charge is 0.165 e. The lowest BCUT2D eigenvalue weighted by Crippen LogP contribution is -2.05. The van der Waals surface area contributed by atoms with Crippen LogP contribution in [0.25, 0.3) is 11.4 Å². The van der Waals surface area contributed by atoms with Crippen molar-refractivity contribution in [2.24, 2.45) is 0 Å². The predicted molar refractivity (Wildman–Crippen MR) is 82.2 cm³/mol. The Bertz CT molecular complexity index is 616. The van der Waals surface area contributed by atoms with Gasteiger partial charge in [0.1, 0.15) is 5.82 Å². The summed E-state index contributed by atoms with van der Waals surface area (Å²) in [5.41, 5.74) is 8.01. The van der Waals surface area contributed by atoms with E-state index in [2.05, 4.69) is 32.9 Å². The number of anilines is 1. The van der Waals surface area contributed by atoms with Crippen molar-refractivity contribution in [2.75, 3.05) is 5.73 Å². The first-order valence-corrected chi connectivity index (χ1v) is 7.84. The molecule has 1 aliphatic carbocycles. The fraction of sp³-hybridized carbons (Fsp3) is 0.500. The van der Waals surface area contributed by atoms with E-state index in [1.54, 1.807) is 6.20 Å². The second kappa shape index (κ2) is 5.52. The van der Waals surface area contributed by atoms with Gasteiger partial charge in [-0.05, 0) is 35.7 Å². The van der Waals surface area contributed by atoms with Crippen LogP contribution in [0.3, 0.4) is 0 Å². The molecule has 3 rings (SSSR count). The van der Waals surface area contributed by atoms with Crippen LogP contribution in [0.4, 0.5) is 5.82 Å². The van der Waals surface area contributed by atoms with Crippen LogP contribution >= 0.6 is 15.9 Å². The Balaban J connectivity index is 2.03. The number of rotatable bonds is 3. The first kappa shape index (κ1) is 13.5. The number of halogens is 1. The third-order valence-electron chi connectivity index (χ3n) is 3.86. The van der Waals surface area contributed by atoms with Crippen LogP contribution < -0.4 is 5.73 Å². The van der Waals surface area contributed by atoms with E-state index < -0.39 is 0 Å². The van der Waals surface area contributed by atoms with Gasteiger partial charge in [-0.15, -0.1) is 0 Å². The highest BCUT2D eigenvalue weighted by Gasteiger charge is 2.23. The number of nitrogen functional groups attached to an aromatic ring is 1. The second-order valence-corrected chi connectivity index (χ2v) is 5.99. The van der Waals surface area contributed by atoms with E-state index in [-0.39, 0.29) is 0 Å². The summed E-state index contributed by atoms with van der Waals surface area (Å²) in [5.74, 6) is 1.68. The Hall–Kier alpha value is -1.43. The number of hydrogen-bond acceptors (Lipinski definition) is 4. The molecule has 2 heterocycles. The van der Waals surface area contributed by atoms with Gasteiger partial charge in [-0.25, -0.2) is 9.97 Å². The summed E-state index contributed by atoms with van der Waals surface area (Å²) < 4.78 is 2.72. The van der Waals surface area contributed by atoms with Crippen molar-refractivity contribution in [1.82, 2.24) is 19.7 Å². The molecule has 0 aliphatic heterocycles. The summed E-state index contributed by atoms with van der Waals surface area (Å²) in [7, 11) is 0. The van der Waals surface area contributed by atoms with Crippen LogP contribution in [0.2, 0.25) is 0 Å². The molecule has 0 saturated heterocycles. The number of aryl methyl sites for hydroxylation is 1. The maximum absolute atomic E-state index is 6.04. The van der Waals surface area contributed by atoms with E-state index in [0.717, 1.165) is 22.3 Å². The van der Waals surface area contributed by atoms with E-state index in [0.29, 0.717) is 17.6 Å². The van der Waals surface area contributed by atoms with Crippen LogP contribution in [0.15, 0.2) is 16.9 Å². The van der Waals surface area contributed by atoms with Crippen molar-refractivity contribution in [3.63, 3.8) is 0 Å². The van der Waals surface area contributed by atoms with Crippen molar-refractivity contribution < 1.29 is 0 Å². The van der Waals surface area contributed by atoms with E-state index in [1.807, 2.05) is 10.9 Å².